The lowest BCUT2D eigenvalue weighted by Crippen LogP contribution is -2.44. The molecule has 1 aromatic rings. The van der Waals surface area contributed by atoms with E-state index in [9.17, 15) is 0 Å². The number of nitrogens with zero attached hydrogens (tertiary/aromatic N) is 1. The highest BCUT2D eigenvalue weighted by Gasteiger charge is 2.29. The van der Waals surface area contributed by atoms with Gasteiger partial charge < -0.3 is 10.2 Å². The Hall–Kier alpha value is -0.800. The highest BCUT2D eigenvalue weighted by Crippen LogP contribution is 2.29. The largest absolute Gasteiger partial charge is 0.468 e. The lowest BCUT2D eigenvalue weighted by atomic mass is 9.83. The van der Waals surface area contributed by atoms with Gasteiger partial charge in [-0.15, -0.1) is 0 Å². The van der Waals surface area contributed by atoms with Crippen LogP contribution >= 0.6 is 0 Å². The minimum atomic E-state index is 0.637. The third-order valence-electron chi connectivity index (χ3n) is 4.36. The molecular weight excluding hydrogens is 224 g/mol. The summed E-state index contributed by atoms with van der Waals surface area (Å²) in [6.45, 7) is 7.17. The smallest absolute Gasteiger partial charge is 0.120 e. The Morgan fingerprint density at radius 3 is 2.78 bits per heavy atom. The van der Waals surface area contributed by atoms with Crippen LogP contribution in [0.4, 0.5) is 0 Å². The SMILES string of the molecule is CCN(Cc1occc1C)C1CCCCC1CN. The summed E-state index contributed by atoms with van der Waals surface area (Å²) in [7, 11) is 0. The van der Waals surface area contributed by atoms with E-state index < -0.39 is 0 Å². The molecule has 0 amide bonds. The summed E-state index contributed by atoms with van der Waals surface area (Å²) in [6.07, 6.45) is 7.05. The number of hydrogen-bond acceptors (Lipinski definition) is 3. The summed E-state index contributed by atoms with van der Waals surface area (Å²) >= 11 is 0. The van der Waals surface area contributed by atoms with Crippen LogP contribution in [0.3, 0.4) is 0 Å². The third-order valence-corrected chi connectivity index (χ3v) is 4.36. The summed E-state index contributed by atoms with van der Waals surface area (Å²) < 4.78 is 5.58. The van der Waals surface area contributed by atoms with Crippen molar-refractivity contribution >= 4 is 0 Å². The van der Waals surface area contributed by atoms with E-state index in [2.05, 4.69) is 18.7 Å². The monoisotopic (exact) mass is 250 g/mol. The second-order valence-electron chi connectivity index (χ2n) is 5.44. The molecule has 0 bridgehead atoms. The molecule has 2 atom stereocenters. The molecule has 1 aliphatic carbocycles. The normalized spacial score (nSPS) is 24.7. The van der Waals surface area contributed by atoms with Gasteiger partial charge in [0.15, 0.2) is 0 Å². The molecule has 1 aliphatic rings. The molecule has 0 aliphatic heterocycles. The molecule has 0 saturated heterocycles. The highest BCUT2D eigenvalue weighted by molar-refractivity contribution is 5.14. The Labute approximate surface area is 110 Å². The number of furan rings is 1. The number of hydrogen-bond donors (Lipinski definition) is 1. The van der Waals surface area contributed by atoms with Crippen LogP contribution in [-0.4, -0.2) is 24.0 Å². The minimum absolute atomic E-state index is 0.637. The van der Waals surface area contributed by atoms with E-state index in [4.69, 9.17) is 10.2 Å². The van der Waals surface area contributed by atoms with Gasteiger partial charge >= 0.3 is 0 Å². The van der Waals surface area contributed by atoms with Gasteiger partial charge in [-0.25, -0.2) is 0 Å². The van der Waals surface area contributed by atoms with Gasteiger partial charge in [0.2, 0.25) is 0 Å². The molecule has 2 unspecified atom stereocenters. The molecule has 0 aromatic carbocycles. The molecule has 2 rings (SSSR count). The van der Waals surface area contributed by atoms with Crippen molar-refractivity contribution in [2.75, 3.05) is 13.1 Å². The maximum atomic E-state index is 5.94. The topological polar surface area (TPSA) is 42.4 Å². The maximum absolute atomic E-state index is 5.94. The Morgan fingerprint density at radius 2 is 2.17 bits per heavy atom. The zero-order valence-corrected chi connectivity index (χ0v) is 11.7. The Morgan fingerprint density at radius 1 is 1.39 bits per heavy atom. The average Bonchev–Trinajstić information content (AvgIpc) is 2.81. The summed E-state index contributed by atoms with van der Waals surface area (Å²) in [4.78, 5) is 2.54. The van der Waals surface area contributed by atoms with Crippen molar-refractivity contribution in [3.05, 3.63) is 23.7 Å². The molecule has 1 aromatic heterocycles. The van der Waals surface area contributed by atoms with Crippen molar-refractivity contribution in [3.8, 4) is 0 Å². The van der Waals surface area contributed by atoms with Gasteiger partial charge in [-0.1, -0.05) is 19.8 Å². The van der Waals surface area contributed by atoms with Crippen LogP contribution in [0.2, 0.25) is 0 Å². The third kappa shape index (κ3) is 2.96. The Bertz CT molecular complexity index is 361. The summed E-state index contributed by atoms with van der Waals surface area (Å²) in [5.41, 5.74) is 7.20. The molecule has 0 radical (unpaired) electrons. The van der Waals surface area contributed by atoms with E-state index >= 15 is 0 Å². The first-order valence-electron chi connectivity index (χ1n) is 7.23. The molecule has 1 fully saturated rings. The quantitative estimate of drug-likeness (QED) is 0.873. The molecule has 3 nitrogen and oxygen atoms in total. The number of rotatable bonds is 5. The molecule has 18 heavy (non-hydrogen) atoms. The van der Waals surface area contributed by atoms with Gasteiger partial charge in [0.25, 0.3) is 0 Å². The average molecular weight is 250 g/mol. The van der Waals surface area contributed by atoms with Gasteiger partial charge in [0.05, 0.1) is 12.8 Å². The van der Waals surface area contributed by atoms with Crippen molar-refractivity contribution < 1.29 is 4.42 Å². The van der Waals surface area contributed by atoms with E-state index in [-0.39, 0.29) is 0 Å². The van der Waals surface area contributed by atoms with Crippen LogP contribution in [0.1, 0.15) is 43.9 Å². The highest BCUT2D eigenvalue weighted by atomic mass is 16.3. The van der Waals surface area contributed by atoms with Crippen molar-refractivity contribution in [2.24, 2.45) is 11.7 Å². The molecule has 2 N–H and O–H groups in total. The fourth-order valence-electron chi connectivity index (χ4n) is 3.16. The van der Waals surface area contributed by atoms with E-state index in [1.807, 2.05) is 6.07 Å². The lowest BCUT2D eigenvalue weighted by Gasteiger charge is -2.39. The maximum Gasteiger partial charge on any atom is 0.120 e. The van der Waals surface area contributed by atoms with Crippen molar-refractivity contribution in [3.63, 3.8) is 0 Å². The Kier molecular flexibility index (Phi) is 4.84. The van der Waals surface area contributed by atoms with Crippen LogP contribution in [-0.2, 0) is 6.54 Å². The van der Waals surface area contributed by atoms with Crippen LogP contribution in [0, 0.1) is 12.8 Å². The van der Waals surface area contributed by atoms with E-state index in [0.717, 1.165) is 25.4 Å². The van der Waals surface area contributed by atoms with Gasteiger partial charge in [-0.3, -0.25) is 4.90 Å². The molecule has 3 heteroatoms. The standard InChI is InChI=1S/C15H26N2O/c1-3-17(11-15-12(2)8-9-18-15)14-7-5-4-6-13(14)10-16/h8-9,13-14H,3-7,10-11,16H2,1-2H3. The zero-order chi connectivity index (χ0) is 13.0. The molecule has 1 heterocycles. The zero-order valence-electron chi connectivity index (χ0n) is 11.7. The van der Waals surface area contributed by atoms with E-state index in [1.165, 1.54) is 31.2 Å². The first-order chi connectivity index (χ1) is 8.76. The lowest BCUT2D eigenvalue weighted by molar-refractivity contribution is 0.0982. The Balaban J connectivity index is 2.05. The minimum Gasteiger partial charge on any atom is -0.468 e. The van der Waals surface area contributed by atoms with Crippen LogP contribution < -0.4 is 5.73 Å². The first kappa shape index (κ1) is 13.6. The van der Waals surface area contributed by atoms with Gasteiger partial charge in [0.1, 0.15) is 5.76 Å². The number of nitrogens with two attached hydrogens (primary N) is 1. The second kappa shape index (κ2) is 6.39. The predicted molar refractivity (Wildman–Crippen MR) is 74.3 cm³/mol. The first-order valence-corrected chi connectivity index (χ1v) is 7.23. The van der Waals surface area contributed by atoms with Gasteiger partial charge in [-0.05, 0) is 50.4 Å². The molecule has 1 saturated carbocycles. The van der Waals surface area contributed by atoms with Crippen molar-refractivity contribution in [1.29, 1.82) is 0 Å². The van der Waals surface area contributed by atoms with E-state index in [1.54, 1.807) is 6.26 Å². The fourth-order valence-corrected chi connectivity index (χ4v) is 3.16. The van der Waals surface area contributed by atoms with Crippen LogP contribution in [0.15, 0.2) is 16.7 Å². The van der Waals surface area contributed by atoms with Crippen LogP contribution in [0.25, 0.3) is 0 Å². The summed E-state index contributed by atoms with van der Waals surface area (Å²) in [6, 6.07) is 2.68. The summed E-state index contributed by atoms with van der Waals surface area (Å²) in [5.74, 6) is 1.77. The molecular formula is C15H26N2O. The van der Waals surface area contributed by atoms with Gasteiger partial charge in [-0.2, -0.15) is 0 Å². The van der Waals surface area contributed by atoms with Crippen molar-refractivity contribution in [1.82, 2.24) is 4.90 Å². The fraction of sp³-hybridized carbons (Fsp3) is 0.733. The molecule has 102 valence electrons. The number of aryl methyl sites for hydroxylation is 1. The second-order valence-corrected chi connectivity index (χ2v) is 5.44. The predicted octanol–water partition coefficient (Wildman–Crippen LogP) is 2.93. The van der Waals surface area contributed by atoms with E-state index in [0.29, 0.717) is 12.0 Å². The van der Waals surface area contributed by atoms with Gasteiger partial charge in [0, 0.05) is 6.04 Å². The summed E-state index contributed by atoms with van der Waals surface area (Å²) in [5, 5.41) is 0. The molecule has 0 spiro atoms. The van der Waals surface area contributed by atoms with Crippen molar-refractivity contribution in [2.45, 2.75) is 52.1 Å². The van der Waals surface area contributed by atoms with Crippen LogP contribution in [0.5, 0.6) is 0 Å².